The van der Waals surface area contributed by atoms with Crippen LogP contribution >= 0.6 is 0 Å². The molecule has 0 radical (unpaired) electrons. The number of ether oxygens (including phenoxy) is 1. The number of amides is 2. The van der Waals surface area contributed by atoms with Gasteiger partial charge in [-0.2, -0.15) is 4.68 Å². The Morgan fingerprint density at radius 1 is 1.06 bits per heavy atom. The number of rotatable bonds is 6. The lowest BCUT2D eigenvalue weighted by atomic mass is 10.2. The monoisotopic (exact) mass is 417 g/mol. The van der Waals surface area contributed by atoms with Crippen molar-refractivity contribution in [3.63, 3.8) is 0 Å². The lowest BCUT2D eigenvalue weighted by molar-refractivity contribution is 0.206. The zero-order valence-corrected chi connectivity index (χ0v) is 17.5. The Bertz CT molecular complexity index is 1140. The number of unbranched alkanes of at least 4 members (excludes halogenated alkanes) is 1. The topological polar surface area (TPSA) is 88.7 Å². The number of carbonyl (C=O) groups is 1. The van der Waals surface area contributed by atoms with Crippen molar-refractivity contribution < 1.29 is 9.53 Å². The van der Waals surface area contributed by atoms with Gasteiger partial charge in [0.2, 0.25) is 0 Å². The molecule has 0 saturated carbocycles. The number of urea groups is 1. The quantitative estimate of drug-likeness (QED) is 0.607. The molecule has 2 aliphatic heterocycles. The number of aliphatic imine (C=N–C) groups is 1. The molecule has 0 aliphatic carbocycles. The summed E-state index contributed by atoms with van der Waals surface area (Å²) in [6.07, 6.45) is 1.85. The Morgan fingerprint density at radius 3 is 2.65 bits per heavy atom. The van der Waals surface area contributed by atoms with Crippen LogP contribution in [0.4, 0.5) is 16.2 Å². The molecule has 2 amide bonds. The highest BCUT2D eigenvalue weighted by Crippen LogP contribution is 2.40. The van der Waals surface area contributed by atoms with Crippen molar-refractivity contribution >= 4 is 23.2 Å². The van der Waals surface area contributed by atoms with E-state index in [1.165, 1.54) is 0 Å². The molecule has 3 heterocycles. The third kappa shape index (κ3) is 3.13. The lowest BCUT2D eigenvalue weighted by Gasteiger charge is -2.21. The van der Waals surface area contributed by atoms with Crippen LogP contribution in [0.25, 0.3) is 5.69 Å². The van der Waals surface area contributed by atoms with Crippen molar-refractivity contribution in [2.45, 2.75) is 32.7 Å². The molecule has 1 atom stereocenters. The summed E-state index contributed by atoms with van der Waals surface area (Å²) < 4.78 is 7.24. The fraction of sp³-hybridized carbons (Fsp3) is 0.318. The van der Waals surface area contributed by atoms with E-state index in [1.807, 2.05) is 60.4 Å². The summed E-state index contributed by atoms with van der Waals surface area (Å²) in [4.78, 5) is 22.0. The summed E-state index contributed by atoms with van der Waals surface area (Å²) in [7, 11) is 0. The van der Waals surface area contributed by atoms with Gasteiger partial charge in [-0.3, -0.25) is 0 Å². The average molecular weight is 417 g/mol. The predicted octanol–water partition coefficient (Wildman–Crippen LogP) is 3.89. The Kier molecular flexibility index (Phi) is 4.85. The van der Waals surface area contributed by atoms with Crippen LogP contribution in [0.3, 0.4) is 0 Å². The second-order valence-electron chi connectivity index (χ2n) is 7.40. The maximum Gasteiger partial charge on any atom is 0.331 e. The number of hydrogen-bond donors (Lipinski definition) is 0. The molecule has 5 rings (SSSR count). The zero-order chi connectivity index (χ0) is 21.4. The first-order chi connectivity index (χ1) is 15.2. The maximum atomic E-state index is 13.6. The second-order valence-corrected chi connectivity index (χ2v) is 7.40. The highest BCUT2D eigenvalue weighted by atomic mass is 16.5. The molecular weight excluding hydrogens is 394 g/mol. The van der Waals surface area contributed by atoms with E-state index >= 15 is 0 Å². The molecule has 1 fully saturated rings. The summed E-state index contributed by atoms with van der Waals surface area (Å²) >= 11 is 0. The fourth-order valence-corrected chi connectivity index (χ4v) is 4.02. The molecule has 1 aromatic heterocycles. The van der Waals surface area contributed by atoms with E-state index in [4.69, 9.17) is 9.73 Å². The van der Waals surface area contributed by atoms with Crippen LogP contribution < -0.4 is 9.64 Å². The number of fused-ring (bicyclic) bond motifs is 5. The average Bonchev–Trinajstić information content (AvgIpc) is 3.33. The van der Waals surface area contributed by atoms with Crippen molar-refractivity contribution in [2.75, 3.05) is 18.1 Å². The standard InChI is InChI=1S/C22H23N7O2/c1-3-5-14-27-19-20(28(22(27)30)15-10-12-16(13-11-15)31-4-2)23-17-8-6-7-9-18(17)29-21(19)24-25-26-29/h6-13,19H,3-5,14H2,1-2H3. The van der Waals surface area contributed by atoms with Crippen molar-refractivity contribution in [3.8, 4) is 11.4 Å². The van der Waals surface area contributed by atoms with Crippen LogP contribution in [-0.2, 0) is 0 Å². The summed E-state index contributed by atoms with van der Waals surface area (Å²) in [5, 5.41) is 12.4. The van der Waals surface area contributed by atoms with Crippen LogP contribution in [0.1, 0.15) is 38.6 Å². The van der Waals surface area contributed by atoms with Gasteiger partial charge in [-0.25, -0.2) is 14.7 Å². The number of tetrazole rings is 1. The molecule has 31 heavy (non-hydrogen) atoms. The first-order valence-corrected chi connectivity index (χ1v) is 10.5. The minimum Gasteiger partial charge on any atom is -0.494 e. The van der Waals surface area contributed by atoms with Gasteiger partial charge in [0.25, 0.3) is 0 Å². The van der Waals surface area contributed by atoms with E-state index < -0.39 is 6.04 Å². The van der Waals surface area contributed by atoms with E-state index in [9.17, 15) is 4.79 Å². The van der Waals surface area contributed by atoms with Gasteiger partial charge in [0.1, 0.15) is 11.6 Å². The third-order valence-corrected chi connectivity index (χ3v) is 5.46. The Hall–Kier alpha value is -3.75. The smallest absolute Gasteiger partial charge is 0.331 e. The minimum absolute atomic E-state index is 0.129. The van der Waals surface area contributed by atoms with Gasteiger partial charge in [-0.1, -0.05) is 25.5 Å². The van der Waals surface area contributed by atoms with Gasteiger partial charge in [0, 0.05) is 6.54 Å². The number of aromatic nitrogens is 4. The molecule has 1 unspecified atom stereocenters. The first-order valence-electron chi connectivity index (χ1n) is 10.5. The molecule has 0 N–H and O–H groups in total. The molecular formula is C22H23N7O2. The van der Waals surface area contributed by atoms with Crippen LogP contribution in [0.15, 0.2) is 53.5 Å². The predicted molar refractivity (Wildman–Crippen MR) is 116 cm³/mol. The highest BCUT2D eigenvalue weighted by Gasteiger charge is 2.48. The van der Waals surface area contributed by atoms with Crippen LogP contribution in [0, 0.1) is 0 Å². The molecule has 2 aromatic carbocycles. The number of nitrogens with zero attached hydrogens (tertiary/aromatic N) is 7. The number of carbonyl (C=O) groups excluding carboxylic acids is 1. The summed E-state index contributed by atoms with van der Waals surface area (Å²) in [5.74, 6) is 1.95. The van der Waals surface area contributed by atoms with E-state index in [0.29, 0.717) is 24.8 Å². The van der Waals surface area contributed by atoms with Crippen LogP contribution in [0.5, 0.6) is 5.75 Å². The molecule has 2 aliphatic rings. The van der Waals surface area contributed by atoms with Crippen molar-refractivity contribution in [2.24, 2.45) is 4.99 Å². The van der Waals surface area contributed by atoms with Gasteiger partial charge in [-0.15, -0.1) is 5.10 Å². The summed E-state index contributed by atoms with van der Waals surface area (Å²) in [6.45, 7) is 5.22. The Balaban J connectivity index is 1.67. The first kappa shape index (κ1) is 19.2. The number of para-hydroxylation sites is 2. The normalized spacial score (nSPS) is 17.0. The third-order valence-electron chi connectivity index (χ3n) is 5.46. The molecule has 9 nitrogen and oxygen atoms in total. The molecule has 9 heteroatoms. The number of amidine groups is 1. The second kappa shape index (κ2) is 7.82. The van der Waals surface area contributed by atoms with Gasteiger partial charge >= 0.3 is 6.03 Å². The highest BCUT2D eigenvalue weighted by molar-refractivity contribution is 6.24. The fourth-order valence-electron chi connectivity index (χ4n) is 4.02. The van der Waals surface area contributed by atoms with Crippen molar-refractivity contribution in [1.82, 2.24) is 25.1 Å². The SMILES string of the molecule is CCCCN1C(=O)N(c2ccc(OCC)cc2)C2=Nc3ccccc3-n3nnnc3C21. The van der Waals surface area contributed by atoms with Crippen LogP contribution in [-0.4, -0.2) is 50.1 Å². The summed E-state index contributed by atoms with van der Waals surface area (Å²) in [5.41, 5.74) is 2.24. The minimum atomic E-state index is -0.465. The van der Waals surface area contributed by atoms with E-state index in [-0.39, 0.29) is 6.03 Å². The Morgan fingerprint density at radius 2 is 1.87 bits per heavy atom. The van der Waals surface area contributed by atoms with Crippen molar-refractivity contribution in [3.05, 3.63) is 54.4 Å². The van der Waals surface area contributed by atoms with Crippen LogP contribution in [0.2, 0.25) is 0 Å². The Labute approximate surface area is 179 Å². The van der Waals surface area contributed by atoms with Gasteiger partial charge in [0.15, 0.2) is 11.9 Å². The number of benzene rings is 2. The van der Waals surface area contributed by atoms with Gasteiger partial charge in [-0.05, 0) is 60.2 Å². The maximum absolute atomic E-state index is 13.6. The van der Waals surface area contributed by atoms with Gasteiger partial charge in [0.05, 0.1) is 23.7 Å². The van der Waals surface area contributed by atoms with E-state index in [1.54, 1.807) is 9.58 Å². The molecule has 1 saturated heterocycles. The molecule has 0 bridgehead atoms. The van der Waals surface area contributed by atoms with E-state index in [0.717, 1.165) is 35.7 Å². The molecule has 0 spiro atoms. The number of anilines is 1. The molecule has 3 aromatic rings. The zero-order valence-electron chi connectivity index (χ0n) is 17.5. The molecule has 158 valence electrons. The van der Waals surface area contributed by atoms with E-state index in [2.05, 4.69) is 22.4 Å². The lowest BCUT2D eigenvalue weighted by Crippen LogP contribution is -2.34. The van der Waals surface area contributed by atoms with Gasteiger partial charge < -0.3 is 9.64 Å². The summed E-state index contributed by atoms with van der Waals surface area (Å²) in [6, 6.07) is 14.6. The van der Waals surface area contributed by atoms with Crippen molar-refractivity contribution in [1.29, 1.82) is 0 Å². The number of hydrogen-bond acceptors (Lipinski definition) is 6. The largest absolute Gasteiger partial charge is 0.494 e.